The quantitative estimate of drug-likeness (QED) is 0.262. The van der Waals surface area contributed by atoms with Crippen molar-refractivity contribution in [2.24, 2.45) is 5.41 Å². The van der Waals surface area contributed by atoms with Gasteiger partial charge in [0.25, 0.3) is 11.9 Å². The van der Waals surface area contributed by atoms with Crippen molar-refractivity contribution < 1.29 is 13.7 Å². The van der Waals surface area contributed by atoms with Crippen LogP contribution in [0.4, 0.5) is 6.01 Å². The number of nitrogens with zero attached hydrogens (tertiary/aromatic N) is 6. The number of aromatic nitrogens is 4. The molecule has 0 bridgehead atoms. The Labute approximate surface area is 210 Å². The average molecular weight is 572 g/mol. The number of carbonyl (C=O) groups is 1. The standard InChI is InChI=1S/C24H25IN6O3/c1-24(2,3)14-19-27-20(29-34-19)15-4-6-16(7-5-15)22(32)30-10-12-31(13-11-30)23-28-21-17(33-23)8-9-18(25)26-21/h4-9H,10-14H2,1-3H3. The van der Waals surface area contributed by atoms with Gasteiger partial charge in [0.2, 0.25) is 17.4 Å². The largest absolute Gasteiger partial charge is 0.422 e. The molecule has 4 aromatic rings. The Morgan fingerprint density at radius 2 is 1.74 bits per heavy atom. The van der Waals surface area contributed by atoms with Crippen molar-refractivity contribution >= 4 is 45.7 Å². The van der Waals surface area contributed by atoms with Crippen molar-refractivity contribution in [2.75, 3.05) is 31.1 Å². The molecule has 1 fully saturated rings. The number of anilines is 1. The topological polar surface area (TPSA) is 101 Å². The number of halogens is 1. The van der Waals surface area contributed by atoms with Gasteiger partial charge in [-0.25, -0.2) is 4.98 Å². The molecule has 1 saturated heterocycles. The molecule has 1 aromatic carbocycles. The van der Waals surface area contributed by atoms with E-state index in [1.165, 1.54) is 0 Å². The van der Waals surface area contributed by atoms with Crippen LogP contribution in [-0.2, 0) is 6.42 Å². The van der Waals surface area contributed by atoms with Crippen LogP contribution in [0.2, 0.25) is 0 Å². The zero-order valence-corrected chi connectivity index (χ0v) is 21.4. The van der Waals surface area contributed by atoms with E-state index in [9.17, 15) is 4.79 Å². The van der Waals surface area contributed by atoms with Crippen molar-refractivity contribution in [1.29, 1.82) is 0 Å². The van der Waals surface area contributed by atoms with Gasteiger partial charge in [0.05, 0.1) is 0 Å². The summed E-state index contributed by atoms with van der Waals surface area (Å²) in [5.74, 6) is 1.15. The summed E-state index contributed by atoms with van der Waals surface area (Å²) in [4.78, 5) is 30.3. The van der Waals surface area contributed by atoms with Crippen LogP contribution in [0, 0.1) is 9.12 Å². The number of amides is 1. The lowest BCUT2D eigenvalue weighted by Crippen LogP contribution is -2.48. The van der Waals surface area contributed by atoms with E-state index in [-0.39, 0.29) is 11.3 Å². The molecule has 34 heavy (non-hydrogen) atoms. The first kappa shape index (κ1) is 22.8. The van der Waals surface area contributed by atoms with E-state index >= 15 is 0 Å². The van der Waals surface area contributed by atoms with Gasteiger partial charge in [0, 0.05) is 43.7 Å². The molecule has 1 aliphatic heterocycles. The molecule has 0 spiro atoms. The lowest BCUT2D eigenvalue weighted by Gasteiger charge is -2.33. The van der Waals surface area contributed by atoms with Gasteiger partial charge in [-0.3, -0.25) is 4.79 Å². The Bertz CT molecular complexity index is 1320. The van der Waals surface area contributed by atoms with Crippen LogP contribution in [-0.4, -0.2) is 57.1 Å². The van der Waals surface area contributed by atoms with Crippen LogP contribution in [0.3, 0.4) is 0 Å². The van der Waals surface area contributed by atoms with Crippen LogP contribution >= 0.6 is 22.6 Å². The van der Waals surface area contributed by atoms with Crippen LogP contribution in [0.25, 0.3) is 22.6 Å². The van der Waals surface area contributed by atoms with Gasteiger partial charge in [-0.1, -0.05) is 38.1 Å². The summed E-state index contributed by atoms with van der Waals surface area (Å²) >= 11 is 2.16. The minimum absolute atomic E-state index is 0.00141. The Morgan fingerprint density at radius 3 is 2.44 bits per heavy atom. The fraction of sp³-hybridized carbons (Fsp3) is 0.375. The highest BCUT2D eigenvalue weighted by Crippen LogP contribution is 2.24. The van der Waals surface area contributed by atoms with Crippen LogP contribution in [0.1, 0.15) is 37.0 Å². The van der Waals surface area contributed by atoms with Gasteiger partial charge < -0.3 is 18.7 Å². The molecule has 0 saturated carbocycles. The number of benzene rings is 1. The van der Waals surface area contributed by atoms with Gasteiger partial charge >= 0.3 is 0 Å². The van der Waals surface area contributed by atoms with E-state index in [0.717, 1.165) is 9.26 Å². The molecular formula is C24H25IN6O3. The van der Waals surface area contributed by atoms with E-state index in [4.69, 9.17) is 8.94 Å². The lowest BCUT2D eigenvalue weighted by atomic mass is 9.92. The number of fused-ring (bicyclic) bond motifs is 1. The summed E-state index contributed by atoms with van der Waals surface area (Å²) in [6, 6.07) is 11.7. The predicted octanol–water partition coefficient (Wildman–Crippen LogP) is 4.43. The van der Waals surface area contributed by atoms with E-state index < -0.39 is 0 Å². The molecule has 9 nitrogen and oxygen atoms in total. The molecule has 0 unspecified atom stereocenters. The average Bonchev–Trinajstić information content (AvgIpc) is 3.44. The fourth-order valence-electron chi connectivity index (χ4n) is 3.86. The lowest BCUT2D eigenvalue weighted by molar-refractivity contribution is 0.0745. The number of oxazole rings is 1. The van der Waals surface area contributed by atoms with E-state index in [1.807, 2.05) is 46.2 Å². The van der Waals surface area contributed by atoms with Crippen LogP contribution < -0.4 is 4.90 Å². The number of piperazine rings is 1. The number of rotatable bonds is 4. The summed E-state index contributed by atoms with van der Waals surface area (Å²) in [5.41, 5.74) is 2.80. The Morgan fingerprint density at radius 1 is 1.00 bits per heavy atom. The third kappa shape index (κ3) is 4.91. The zero-order valence-electron chi connectivity index (χ0n) is 19.3. The summed E-state index contributed by atoms with van der Waals surface area (Å²) in [7, 11) is 0. The first-order valence-electron chi connectivity index (χ1n) is 11.2. The Balaban J connectivity index is 1.21. The van der Waals surface area contributed by atoms with E-state index in [2.05, 4.69) is 63.5 Å². The van der Waals surface area contributed by atoms with Crippen molar-refractivity contribution in [3.63, 3.8) is 0 Å². The van der Waals surface area contributed by atoms with Crippen LogP contribution in [0.15, 0.2) is 45.3 Å². The molecule has 0 atom stereocenters. The van der Waals surface area contributed by atoms with Gasteiger partial charge in [-0.15, -0.1) is 0 Å². The monoisotopic (exact) mass is 572 g/mol. The Kier molecular flexibility index (Phi) is 6.00. The second-order valence-corrected chi connectivity index (χ2v) is 10.7. The summed E-state index contributed by atoms with van der Waals surface area (Å²) < 4.78 is 12.1. The van der Waals surface area contributed by atoms with Gasteiger partial charge in [-0.05, 0) is 52.3 Å². The Hall–Kier alpha value is -3.02. The second kappa shape index (κ2) is 8.97. The highest BCUT2D eigenvalue weighted by molar-refractivity contribution is 14.1. The number of hydrogen-bond acceptors (Lipinski definition) is 8. The molecule has 1 amide bonds. The van der Waals surface area contributed by atoms with Crippen molar-refractivity contribution in [3.05, 3.63) is 51.6 Å². The van der Waals surface area contributed by atoms with Crippen LogP contribution in [0.5, 0.6) is 0 Å². The molecule has 176 valence electrons. The molecule has 0 N–H and O–H groups in total. The first-order valence-corrected chi connectivity index (χ1v) is 12.2. The molecule has 4 heterocycles. The molecule has 0 radical (unpaired) electrons. The first-order chi connectivity index (χ1) is 16.2. The predicted molar refractivity (Wildman–Crippen MR) is 136 cm³/mol. The van der Waals surface area contributed by atoms with Crippen molar-refractivity contribution in [3.8, 4) is 11.4 Å². The number of hydrogen-bond donors (Lipinski definition) is 0. The van der Waals surface area contributed by atoms with Gasteiger partial charge in [0.15, 0.2) is 5.58 Å². The summed E-state index contributed by atoms with van der Waals surface area (Å²) in [5, 5.41) is 4.09. The third-order valence-electron chi connectivity index (χ3n) is 5.59. The summed E-state index contributed by atoms with van der Waals surface area (Å²) in [6.07, 6.45) is 0.710. The third-order valence-corrected chi connectivity index (χ3v) is 6.19. The molecule has 10 heteroatoms. The maximum atomic E-state index is 13.0. The molecular weight excluding hydrogens is 547 g/mol. The highest BCUT2D eigenvalue weighted by atomic mass is 127. The summed E-state index contributed by atoms with van der Waals surface area (Å²) in [6.45, 7) is 8.85. The fourth-order valence-corrected chi connectivity index (χ4v) is 4.27. The van der Waals surface area contributed by atoms with Gasteiger partial charge in [-0.2, -0.15) is 9.97 Å². The maximum absolute atomic E-state index is 13.0. The SMILES string of the molecule is CC(C)(C)Cc1nc(-c2ccc(C(=O)N3CCN(c4nc5nc(I)ccc5o4)CC3)cc2)no1. The van der Waals surface area contributed by atoms with Gasteiger partial charge in [0.1, 0.15) is 3.70 Å². The minimum Gasteiger partial charge on any atom is -0.422 e. The smallest absolute Gasteiger partial charge is 0.300 e. The minimum atomic E-state index is 0.00141. The molecule has 0 aliphatic carbocycles. The molecule has 3 aromatic heterocycles. The maximum Gasteiger partial charge on any atom is 0.300 e. The molecule has 1 aliphatic rings. The second-order valence-electron chi connectivity index (χ2n) is 9.56. The number of pyridine rings is 1. The van der Waals surface area contributed by atoms with Crippen molar-refractivity contribution in [2.45, 2.75) is 27.2 Å². The normalized spacial score (nSPS) is 14.7. The highest BCUT2D eigenvalue weighted by Gasteiger charge is 2.25. The van der Waals surface area contributed by atoms with Crippen molar-refractivity contribution in [1.82, 2.24) is 25.0 Å². The van der Waals surface area contributed by atoms with E-state index in [0.29, 0.717) is 67.1 Å². The number of carbonyl (C=O) groups excluding carboxylic acids is 1. The van der Waals surface area contributed by atoms with E-state index in [1.54, 1.807) is 0 Å². The zero-order chi connectivity index (χ0) is 23.9. The molecule has 5 rings (SSSR count).